The number of carbonyl (C=O) groups excluding carboxylic acids is 1. The first-order valence-corrected chi connectivity index (χ1v) is 6.18. The molecule has 3 aliphatic rings. The van der Waals surface area contributed by atoms with Crippen LogP contribution >= 0.6 is 0 Å². The van der Waals surface area contributed by atoms with E-state index < -0.39 is 18.0 Å². The van der Waals surface area contributed by atoms with Gasteiger partial charge in [-0.3, -0.25) is 4.79 Å². The second-order valence-electron chi connectivity index (χ2n) is 5.55. The van der Waals surface area contributed by atoms with Crippen LogP contribution < -0.4 is 0 Å². The van der Waals surface area contributed by atoms with Crippen LogP contribution in [0.25, 0.3) is 0 Å². The molecule has 0 bridgehead atoms. The zero-order valence-corrected chi connectivity index (χ0v) is 10.7. The van der Waals surface area contributed by atoms with Gasteiger partial charge in [-0.05, 0) is 13.8 Å². The monoisotopic (exact) mass is 258 g/mol. The number of rotatable bonds is 1. The Bertz CT molecular complexity index is 368. The molecule has 2 heterocycles. The standard InChI is InChI=1S/C12H18O6/c1-12(2)16-4-5-9(18-12)8(13)6-7(10(6)17-5)11(14)15-3/h5-10,13H,4H2,1-3H3/t5-,6?,7-,8-,9-,10?/m1/s1. The van der Waals surface area contributed by atoms with Gasteiger partial charge in [-0.1, -0.05) is 0 Å². The first-order chi connectivity index (χ1) is 8.44. The van der Waals surface area contributed by atoms with Crippen LogP contribution in [0, 0.1) is 11.8 Å². The van der Waals surface area contributed by atoms with Gasteiger partial charge in [0.2, 0.25) is 0 Å². The molecule has 0 aromatic carbocycles. The summed E-state index contributed by atoms with van der Waals surface area (Å²) in [5, 5.41) is 10.3. The first-order valence-electron chi connectivity index (χ1n) is 6.18. The highest BCUT2D eigenvalue weighted by molar-refractivity contribution is 5.77. The summed E-state index contributed by atoms with van der Waals surface area (Å²) >= 11 is 0. The van der Waals surface area contributed by atoms with Gasteiger partial charge in [-0.25, -0.2) is 0 Å². The average molecular weight is 258 g/mol. The molecule has 6 atom stereocenters. The SMILES string of the molecule is COC(=O)[C@H]1C2O[C@@H]3COC(C)(C)O[C@H]3[C@H](O)C21. The normalized spacial score (nSPS) is 48.9. The number of methoxy groups -OCH3 is 1. The zero-order chi connectivity index (χ0) is 13.1. The van der Waals surface area contributed by atoms with Crippen molar-refractivity contribution < 1.29 is 28.8 Å². The van der Waals surface area contributed by atoms with Gasteiger partial charge in [0.25, 0.3) is 0 Å². The summed E-state index contributed by atoms with van der Waals surface area (Å²) in [6.45, 7) is 3.96. The van der Waals surface area contributed by atoms with Crippen LogP contribution in [0.2, 0.25) is 0 Å². The summed E-state index contributed by atoms with van der Waals surface area (Å²) in [5.41, 5.74) is 0. The van der Waals surface area contributed by atoms with E-state index in [0.717, 1.165) is 0 Å². The van der Waals surface area contributed by atoms with E-state index in [2.05, 4.69) is 0 Å². The smallest absolute Gasteiger partial charge is 0.311 e. The van der Waals surface area contributed by atoms with Crippen molar-refractivity contribution >= 4 is 5.97 Å². The fourth-order valence-corrected chi connectivity index (χ4v) is 2.96. The lowest BCUT2D eigenvalue weighted by molar-refractivity contribution is -0.337. The molecule has 0 aromatic heterocycles. The molecule has 1 N–H and O–H groups in total. The molecule has 18 heavy (non-hydrogen) atoms. The maximum absolute atomic E-state index is 11.5. The van der Waals surface area contributed by atoms with Gasteiger partial charge in [-0.2, -0.15) is 0 Å². The number of aliphatic hydroxyl groups is 1. The number of carbonyl (C=O) groups is 1. The van der Waals surface area contributed by atoms with Crippen LogP contribution in [-0.4, -0.2) is 55.0 Å². The van der Waals surface area contributed by atoms with E-state index in [9.17, 15) is 9.90 Å². The van der Waals surface area contributed by atoms with Crippen molar-refractivity contribution in [1.29, 1.82) is 0 Å². The minimum Gasteiger partial charge on any atom is -0.469 e. The molecular formula is C12H18O6. The molecule has 2 unspecified atom stereocenters. The molecule has 6 nitrogen and oxygen atoms in total. The van der Waals surface area contributed by atoms with E-state index in [1.54, 1.807) is 13.8 Å². The number of ether oxygens (including phenoxy) is 4. The summed E-state index contributed by atoms with van der Waals surface area (Å²) in [4.78, 5) is 11.5. The van der Waals surface area contributed by atoms with Gasteiger partial charge in [0.05, 0.1) is 31.8 Å². The van der Waals surface area contributed by atoms with Crippen molar-refractivity contribution in [1.82, 2.24) is 0 Å². The van der Waals surface area contributed by atoms with Crippen LogP contribution in [0.4, 0.5) is 0 Å². The molecule has 2 saturated heterocycles. The van der Waals surface area contributed by atoms with Gasteiger partial charge >= 0.3 is 5.97 Å². The number of aliphatic hydroxyl groups excluding tert-OH is 1. The maximum atomic E-state index is 11.5. The molecule has 0 radical (unpaired) electrons. The Labute approximate surface area is 105 Å². The molecule has 3 rings (SSSR count). The highest BCUT2D eigenvalue weighted by atomic mass is 16.7. The van der Waals surface area contributed by atoms with Gasteiger partial charge < -0.3 is 24.1 Å². The molecule has 1 saturated carbocycles. The highest BCUT2D eigenvalue weighted by Gasteiger charge is 2.67. The zero-order valence-electron chi connectivity index (χ0n) is 10.7. The van der Waals surface area contributed by atoms with Crippen LogP contribution in [0.15, 0.2) is 0 Å². The Balaban J connectivity index is 1.75. The summed E-state index contributed by atoms with van der Waals surface area (Å²) in [5.74, 6) is -1.65. The first kappa shape index (κ1) is 12.3. The minimum absolute atomic E-state index is 0.215. The third kappa shape index (κ3) is 1.75. The quantitative estimate of drug-likeness (QED) is 0.650. The van der Waals surface area contributed by atoms with Crippen LogP contribution in [0.1, 0.15) is 13.8 Å². The van der Waals surface area contributed by atoms with Crippen molar-refractivity contribution in [2.24, 2.45) is 11.8 Å². The third-order valence-electron chi connectivity index (χ3n) is 3.92. The summed E-state index contributed by atoms with van der Waals surface area (Å²) in [6, 6.07) is 0. The lowest BCUT2D eigenvalue weighted by Crippen LogP contribution is -2.57. The largest absolute Gasteiger partial charge is 0.469 e. The van der Waals surface area contributed by atoms with Gasteiger partial charge in [0.1, 0.15) is 12.2 Å². The third-order valence-corrected chi connectivity index (χ3v) is 3.92. The lowest BCUT2D eigenvalue weighted by Gasteiger charge is -2.44. The Morgan fingerprint density at radius 1 is 1.39 bits per heavy atom. The van der Waals surface area contributed by atoms with E-state index >= 15 is 0 Å². The van der Waals surface area contributed by atoms with Crippen LogP contribution in [0.5, 0.6) is 0 Å². The fraction of sp³-hybridized carbons (Fsp3) is 0.917. The van der Waals surface area contributed by atoms with Crippen molar-refractivity contribution in [2.75, 3.05) is 13.7 Å². The Kier molecular flexibility index (Phi) is 2.68. The average Bonchev–Trinajstić information content (AvgIpc) is 3.03. The molecule has 3 fully saturated rings. The summed E-state index contributed by atoms with van der Waals surface area (Å²) < 4.78 is 21.7. The number of hydrogen-bond acceptors (Lipinski definition) is 6. The second kappa shape index (κ2) is 3.90. The minimum atomic E-state index is -0.728. The predicted octanol–water partition coefficient (Wildman–Crippen LogP) is -0.315. The lowest BCUT2D eigenvalue weighted by atomic mass is 9.99. The Morgan fingerprint density at radius 3 is 2.78 bits per heavy atom. The fourth-order valence-electron chi connectivity index (χ4n) is 2.96. The molecular weight excluding hydrogens is 240 g/mol. The van der Waals surface area contributed by atoms with E-state index in [1.807, 2.05) is 0 Å². The van der Waals surface area contributed by atoms with Crippen LogP contribution in [0.3, 0.4) is 0 Å². The van der Waals surface area contributed by atoms with E-state index in [4.69, 9.17) is 18.9 Å². The molecule has 2 aliphatic heterocycles. The van der Waals surface area contributed by atoms with Crippen molar-refractivity contribution in [3.05, 3.63) is 0 Å². The predicted molar refractivity (Wildman–Crippen MR) is 58.6 cm³/mol. The van der Waals surface area contributed by atoms with Gasteiger partial charge in [0, 0.05) is 5.92 Å². The van der Waals surface area contributed by atoms with E-state index in [-0.39, 0.29) is 30.0 Å². The summed E-state index contributed by atoms with van der Waals surface area (Å²) in [7, 11) is 1.34. The second-order valence-corrected chi connectivity index (χ2v) is 5.55. The van der Waals surface area contributed by atoms with Gasteiger partial charge in [-0.15, -0.1) is 0 Å². The molecule has 1 aliphatic carbocycles. The highest BCUT2D eigenvalue weighted by Crippen LogP contribution is 2.52. The number of fused-ring (bicyclic) bond motifs is 2. The molecule has 0 amide bonds. The molecule has 102 valence electrons. The number of esters is 1. The number of hydrogen-bond donors (Lipinski definition) is 1. The Hall–Kier alpha value is -0.690. The van der Waals surface area contributed by atoms with Crippen molar-refractivity contribution in [2.45, 2.75) is 44.1 Å². The molecule has 0 spiro atoms. The van der Waals surface area contributed by atoms with E-state index in [1.165, 1.54) is 7.11 Å². The van der Waals surface area contributed by atoms with Crippen molar-refractivity contribution in [3.63, 3.8) is 0 Å². The molecule has 0 aromatic rings. The summed E-state index contributed by atoms with van der Waals surface area (Å²) in [6.07, 6.45) is -1.73. The topological polar surface area (TPSA) is 74.2 Å². The van der Waals surface area contributed by atoms with Gasteiger partial charge in [0.15, 0.2) is 5.79 Å². The van der Waals surface area contributed by atoms with E-state index in [0.29, 0.717) is 6.61 Å². The maximum Gasteiger partial charge on any atom is 0.311 e. The van der Waals surface area contributed by atoms with Crippen LogP contribution in [-0.2, 0) is 23.7 Å². The molecule has 6 heteroatoms. The Morgan fingerprint density at radius 2 is 2.11 bits per heavy atom. The van der Waals surface area contributed by atoms with Crippen molar-refractivity contribution in [3.8, 4) is 0 Å².